The van der Waals surface area contributed by atoms with E-state index < -0.39 is 6.04 Å². The van der Waals surface area contributed by atoms with Gasteiger partial charge in [0, 0.05) is 5.56 Å². The first kappa shape index (κ1) is 14.2. The van der Waals surface area contributed by atoms with Crippen molar-refractivity contribution in [3.63, 3.8) is 0 Å². The van der Waals surface area contributed by atoms with Gasteiger partial charge in [-0.15, -0.1) is 12.4 Å². The number of halogens is 1. The van der Waals surface area contributed by atoms with E-state index in [-0.39, 0.29) is 12.4 Å². The van der Waals surface area contributed by atoms with Crippen molar-refractivity contribution in [2.45, 2.75) is 6.04 Å². The van der Waals surface area contributed by atoms with Crippen LogP contribution < -0.4 is 5.73 Å². The Kier molecular flexibility index (Phi) is 4.50. The predicted molar refractivity (Wildman–Crippen MR) is 79.5 cm³/mol. The van der Waals surface area contributed by atoms with Gasteiger partial charge in [0.2, 0.25) is 11.7 Å². The second kappa shape index (κ2) is 6.32. The van der Waals surface area contributed by atoms with E-state index in [9.17, 15) is 0 Å². The molecule has 102 valence electrons. The highest BCUT2D eigenvalue weighted by atomic mass is 35.5. The van der Waals surface area contributed by atoms with Crippen LogP contribution in [-0.4, -0.2) is 10.1 Å². The van der Waals surface area contributed by atoms with Gasteiger partial charge >= 0.3 is 0 Å². The van der Waals surface area contributed by atoms with Crippen molar-refractivity contribution in [1.29, 1.82) is 0 Å². The van der Waals surface area contributed by atoms with Crippen molar-refractivity contribution in [1.82, 2.24) is 10.1 Å². The van der Waals surface area contributed by atoms with Crippen LogP contribution in [-0.2, 0) is 0 Å². The molecule has 0 radical (unpaired) electrons. The molecule has 0 aliphatic heterocycles. The molecule has 1 heterocycles. The summed E-state index contributed by atoms with van der Waals surface area (Å²) in [5.74, 6) is 0.979. The summed E-state index contributed by atoms with van der Waals surface area (Å²) < 4.78 is 5.25. The van der Waals surface area contributed by atoms with Gasteiger partial charge < -0.3 is 10.3 Å². The fourth-order valence-electron chi connectivity index (χ4n) is 1.87. The highest BCUT2D eigenvalue weighted by Gasteiger charge is 2.16. The second-order valence-electron chi connectivity index (χ2n) is 4.21. The van der Waals surface area contributed by atoms with Gasteiger partial charge in [-0.1, -0.05) is 65.8 Å². The molecular weight excluding hydrogens is 274 g/mol. The molecule has 0 saturated carbocycles. The van der Waals surface area contributed by atoms with Gasteiger partial charge in [0.05, 0.1) is 0 Å². The molecule has 3 rings (SSSR count). The van der Waals surface area contributed by atoms with Gasteiger partial charge in [0.25, 0.3) is 0 Å². The molecule has 0 unspecified atom stereocenters. The highest BCUT2D eigenvalue weighted by Crippen LogP contribution is 2.21. The molecule has 0 amide bonds. The molecule has 3 aromatic rings. The molecule has 2 aromatic carbocycles. The largest absolute Gasteiger partial charge is 0.337 e. The van der Waals surface area contributed by atoms with E-state index in [4.69, 9.17) is 10.3 Å². The van der Waals surface area contributed by atoms with Crippen molar-refractivity contribution >= 4 is 12.4 Å². The molecule has 0 bridgehead atoms. The van der Waals surface area contributed by atoms with Crippen LogP contribution in [0.4, 0.5) is 0 Å². The maximum atomic E-state index is 6.11. The molecule has 0 saturated heterocycles. The fraction of sp³-hybridized carbons (Fsp3) is 0.0667. The zero-order valence-electron chi connectivity index (χ0n) is 10.6. The van der Waals surface area contributed by atoms with Crippen LogP contribution in [0.1, 0.15) is 17.5 Å². The van der Waals surface area contributed by atoms with E-state index >= 15 is 0 Å². The Labute approximate surface area is 123 Å². The Balaban J connectivity index is 0.00000147. The summed E-state index contributed by atoms with van der Waals surface area (Å²) in [5, 5.41) is 3.97. The topological polar surface area (TPSA) is 64.9 Å². The van der Waals surface area contributed by atoms with E-state index in [0.29, 0.717) is 11.7 Å². The average Bonchev–Trinajstić information content (AvgIpc) is 2.98. The summed E-state index contributed by atoms with van der Waals surface area (Å²) in [6, 6.07) is 19.0. The fourth-order valence-corrected chi connectivity index (χ4v) is 1.87. The minimum atomic E-state index is -0.397. The van der Waals surface area contributed by atoms with E-state index in [1.807, 2.05) is 60.7 Å². The molecule has 0 aliphatic carbocycles. The zero-order valence-corrected chi connectivity index (χ0v) is 11.5. The Morgan fingerprint density at radius 2 is 1.50 bits per heavy atom. The van der Waals surface area contributed by atoms with Gasteiger partial charge in [-0.2, -0.15) is 4.98 Å². The first-order chi connectivity index (χ1) is 9.34. The number of hydrogen-bond acceptors (Lipinski definition) is 4. The Morgan fingerprint density at radius 1 is 0.900 bits per heavy atom. The number of benzene rings is 2. The van der Waals surface area contributed by atoms with Crippen LogP contribution in [0.2, 0.25) is 0 Å². The third-order valence-corrected chi connectivity index (χ3v) is 2.90. The van der Waals surface area contributed by atoms with E-state index in [2.05, 4.69) is 10.1 Å². The summed E-state index contributed by atoms with van der Waals surface area (Å²) in [7, 11) is 0. The molecular formula is C15H14ClN3O. The first-order valence-electron chi connectivity index (χ1n) is 6.04. The van der Waals surface area contributed by atoms with Crippen LogP contribution in [0.15, 0.2) is 65.2 Å². The summed E-state index contributed by atoms with van der Waals surface area (Å²) in [6.45, 7) is 0. The first-order valence-corrected chi connectivity index (χ1v) is 6.04. The summed E-state index contributed by atoms with van der Waals surface area (Å²) in [6.07, 6.45) is 0. The van der Waals surface area contributed by atoms with Crippen LogP contribution in [0.25, 0.3) is 11.4 Å². The lowest BCUT2D eigenvalue weighted by Crippen LogP contribution is -2.11. The number of rotatable bonds is 3. The van der Waals surface area contributed by atoms with Crippen molar-refractivity contribution < 1.29 is 4.52 Å². The molecule has 0 fully saturated rings. The molecule has 0 spiro atoms. The molecule has 0 aliphatic rings. The smallest absolute Gasteiger partial charge is 0.248 e. The maximum Gasteiger partial charge on any atom is 0.248 e. The standard InChI is InChI=1S/C15H13N3O.ClH/c16-13(11-7-3-1-4-8-11)15-17-14(18-19-15)12-9-5-2-6-10-12;/h1-10,13H,16H2;1H/t13-;/m0./s1. The Morgan fingerprint density at radius 3 is 2.15 bits per heavy atom. The Hall–Kier alpha value is -2.17. The van der Waals surface area contributed by atoms with Crippen molar-refractivity contribution in [2.75, 3.05) is 0 Å². The maximum absolute atomic E-state index is 6.11. The third kappa shape index (κ3) is 2.87. The zero-order chi connectivity index (χ0) is 13.1. The third-order valence-electron chi connectivity index (χ3n) is 2.90. The molecule has 2 N–H and O–H groups in total. The second-order valence-corrected chi connectivity index (χ2v) is 4.21. The van der Waals surface area contributed by atoms with E-state index in [0.717, 1.165) is 11.1 Å². The monoisotopic (exact) mass is 287 g/mol. The van der Waals surface area contributed by atoms with Gasteiger partial charge in [0.15, 0.2) is 0 Å². The number of nitrogens with two attached hydrogens (primary N) is 1. The number of nitrogens with zero attached hydrogens (tertiary/aromatic N) is 2. The van der Waals surface area contributed by atoms with Gasteiger partial charge in [-0.05, 0) is 5.56 Å². The SMILES string of the molecule is Cl.N[C@@H](c1ccccc1)c1nc(-c2ccccc2)no1. The molecule has 4 nitrogen and oxygen atoms in total. The lowest BCUT2D eigenvalue weighted by atomic mass is 10.1. The molecule has 1 atom stereocenters. The number of aromatic nitrogens is 2. The van der Waals surface area contributed by atoms with Crippen LogP contribution >= 0.6 is 12.4 Å². The van der Waals surface area contributed by atoms with E-state index in [1.54, 1.807) is 0 Å². The lowest BCUT2D eigenvalue weighted by molar-refractivity contribution is 0.367. The average molecular weight is 288 g/mol. The van der Waals surface area contributed by atoms with Crippen molar-refractivity contribution in [3.05, 3.63) is 72.1 Å². The molecule has 1 aromatic heterocycles. The summed E-state index contributed by atoms with van der Waals surface area (Å²) in [4.78, 5) is 4.35. The van der Waals surface area contributed by atoms with E-state index in [1.165, 1.54) is 0 Å². The normalized spacial score (nSPS) is 11.7. The minimum Gasteiger partial charge on any atom is -0.337 e. The predicted octanol–water partition coefficient (Wildman–Crippen LogP) is 3.21. The quantitative estimate of drug-likeness (QED) is 0.803. The highest BCUT2D eigenvalue weighted by molar-refractivity contribution is 5.85. The van der Waals surface area contributed by atoms with Crippen molar-refractivity contribution in [2.24, 2.45) is 5.73 Å². The van der Waals surface area contributed by atoms with Crippen LogP contribution in [0.3, 0.4) is 0 Å². The molecule has 5 heteroatoms. The molecule has 20 heavy (non-hydrogen) atoms. The minimum absolute atomic E-state index is 0. The number of hydrogen-bond donors (Lipinski definition) is 1. The Bertz CT molecular complexity index is 655. The van der Waals surface area contributed by atoms with Gasteiger partial charge in [-0.3, -0.25) is 0 Å². The lowest BCUT2D eigenvalue weighted by Gasteiger charge is -2.05. The van der Waals surface area contributed by atoms with Gasteiger partial charge in [0.1, 0.15) is 6.04 Å². The van der Waals surface area contributed by atoms with Crippen LogP contribution in [0.5, 0.6) is 0 Å². The van der Waals surface area contributed by atoms with Crippen molar-refractivity contribution in [3.8, 4) is 11.4 Å². The van der Waals surface area contributed by atoms with Gasteiger partial charge in [-0.25, -0.2) is 0 Å². The van der Waals surface area contributed by atoms with Crippen LogP contribution in [0, 0.1) is 0 Å². The summed E-state index contributed by atoms with van der Waals surface area (Å²) >= 11 is 0. The summed E-state index contributed by atoms with van der Waals surface area (Å²) in [5.41, 5.74) is 7.98.